The van der Waals surface area contributed by atoms with Crippen molar-refractivity contribution in [3.05, 3.63) is 0 Å². The Bertz CT molecular complexity index is 179. The highest BCUT2D eigenvalue weighted by atomic mass is 16.5. The van der Waals surface area contributed by atoms with Gasteiger partial charge in [0.25, 0.3) is 0 Å². The average Bonchev–Trinajstić information content (AvgIpc) is 2.17. The standard InChI is InChI=1S/C10H18O3/c1-3-7-6-8(10(12)13-2)4-5-9(7)11/h7-9,11H,3-6H2,1-2H3. The summed E-state index contributed by atoms with van der Waals surface area (Å²) in [6.45, 7) is 2.05. The average molecular weight is 186 g/mol. The molecule has 3 atom stereocenters. The van der Waals surface area contributed by atoms with Crippen molar-refractivity contribution < 1.29 is 14.6 Å². The second kappa shape index (κ2) is 4.61. The van der Waals surface area contributed by atoms with Gasteiger partial charge < -0.3 is 9.84 Å². The van der Waals surface area contributed by atoms with Gasteiger partial charge in [-0.3, -0.25) is 4.79 Å². The lowest BCUT2D eigenvalue weighted by Crippen LogP contribution is -2.32. The first kappa shape index (κ1) is 10.5. The zero-order chi connectivity index (χ0) is 9.84. The van der Waals surface area contributed by atoms with Crippen LogP contribution in [-0.4, -0.2) is 24.3 Å². The Labute approximate surface area is 79.1 Å². The molecule has 1 rings (SSSR count). The monoisotopic (exact) mass is 186 g/mol. The summed E-state index contributed by atoms with van der Waals surface area (Å²) < 4.78 is 4.70. The third kappa shape index (κ3) is 2.44. The van der Waals surface area contributed by atoms with Crippen molar-refractivity contribution in [2.24, 2.45) is 11.8 Å². The van der Waals surface area contributed by atoms with E-state index in [2.05, 4.69) is 0 Å². The van der Waals surface area contributed by atoms with Gasteiger partial charge in [-0.15, -0.1) is 0 Å². The van der Waals surface area contributed by atoms with Crippen molar-refractivity contribution in [1.29, 1.82) is 0 Å². The fourth-order valence-corrected chi connectivity index (χ4v) is 2.07. The molecule has 1 aliphatic rings. The van der Waals surface area contributed by atoms with Gasteiger partial charge in [0.05, 0.1) is 19.1 Å². The van der Waals surface area contributed by atoms with Gasteiger partial charge in [-0.1, -0.05) is 13.3 Å². The van der Waals surface area contributed by atoms with Crippen LogP contribution in [0.3, 0.4) is 0 Å². The molecule has 13 heavy (non-hydrogen) atoms. The number of hydrogen-bond acceptors (Lipinski definition) is 3. The van der Waals surface area contributed by atoms with E-state index in [1.165, 1.54) is 7.11 Å². The largest absolute Gasteiger partial charge is 0.469 e. The second-order valence-corrected chi connectivity index (χ2v) is 3.77. The smallest absolute Gasteiger partial charge is 0.308 e. The minimum atomic E-state index is -0.217. The molecule has 0 radical (unpaired) electrons. The van der Waals surface area contributed by atoms with Gasteiger partial charge >= 0.3 is 5.97 Å². The van der Waals surface area contributed by atoms with Gasteiger partial charge in [0.2, 0.25) is 0 Å². The number of aliphatic hydroxyl groups excluding tert-OH is 1. The molecular formula is C10H18O3. The van der Waals surface area contributed by atoms with E-state index >= 15 is 0 Å². The van der Waals surface area contributed by atoms with E-state index in [0.29, 0.717) is 0 Å². The highest BCUT2D eigenvalue weighted by molar-refractivity contribution is 5.72. The van der Waals surface area contributed by atoms with Gasteiger partial charge in [-0.2, -0.15) is 0 Å². The summed E-state index contributed by atoms with van der Waals surface area (Å²) in [5, 5.41) is 9.59. The van der Waals surface area contributed by atoms with Crippen molar-refractivity contribution in [2.75, 3.05) is 7.11 Å². The third-order valence-corrected chi connectivity index (χ3v) is 3.00. The summed E-state index contributed by atoms with van der Waals surface area (Å²) in [5.41, 5.74) is 0. The Morgan fingerprint density at radius 1 is 1.54 bits per heavy atom. The zero-order valence-electron chi connectivity index (χ0n) is 8.32. The van der Waals surface area contributed by atoms with Gasteiger partial charge in [0.1, 0.15) is 0 Å². The molecule has 0 saturated heterocycles. The van der Waals surface area contributed by atoms with Gasteiger partial charge in [0.15, 0.2) is 0 Å². The number of ether oxygens (including phenoxy) is 1. The van der Waals surface area contributed by atoms with E-state index in [-0.39, 0.29) is 23.9 Å². The number of aliphatic hydroxyl groups is 1. The molecule has 1 N–H and O–H groups in total. The van der Waals surface area contributed by atoms with Gasteiger partial charge in [-0.25, -0.2) is 0 Å². The summed E-state index contributed by atoms with van der Waals surface area (Å²) in [7, 11) is 1.42. The molecule has 0 amide bonds. The molecule has 1 fully saturated rings. The van der Waals surface area contributed by atoms with Crippen molar-refractivity contribution in [3.63, 3.8) is 0 Å². The van der Waals surface area contributed by atoms with E-state index in [4.69, 9.17) is 4.74 Å². The molecule has 0 aliphatic heterocycles. The van der Waals surface area contributed by atoms with Crippen molar-refractivity contribution >= 4 is 5.97 Å². The van der Waals surface area contributed by atoms with E-state index in [1.54, 1.807) is 0 Å². The summed E-state index contributed by atoms with van der Waals surface area (Å²) in [5.74, 6) is 0.168. The molecular weight excluding hydrogens is 168 g/mol. The predicted molar refractivity (Wildman–Crippen MR) is 49.1 cm³/mol. The maximum atomic E-state index is 11.2. The number of rotatable bonds is 2. The first-order valence-corrected chi connectivity index (χ1v) is 4.95. The van der Waals surface area contributed by atoms with E-state index in [0.717, 1.165) is 25.7 Å². The van der Waals surface area contributed by atoms with E-state index < -0.39 is 0 Å². The maximum absolute atomic E-state index is 11.2. The van der Waals surface area contributed by atoms with Gasteiger partial charge in [-0.05, 0) is 25.2 Å². The lowest BCUT2D eigenvalue weighted by molar-refractivity contribution is -0.148. The van der Waals surface area contributed by atoms with E-state index in [1.807, 2.05) is 6.92 Å². The van der Waals surface area contributed by atoms with Crippen molar-refractivity contribution in [2.45, 2.75) is 38.7 Å². The molecule has 0 heterocycles. The molecule has 0 bridgehead atoms. The first-order chi connectivity index (χ1) is 6.19. The van der Waals surface area contributed by atoms with Crippen LogP contribution < -0.4 is 0 Å². The minimum Gasteiger partial charge on any atom is -0.469 e. The number of carbonyl (C=O) groups is 1. The number of hydrogen-bond donors (Lipinski definition) is 1. The van der Waals surface area contributed by atoms with Crippen LogP contribution in [0.15, 0.2) is 0 Å². The Morgan fingerprint density at radius 2 is 2.23 bits per heavy atom. The topological polar surface area (TPSA) is 46.5 Å². The summed E-state index contributed by atoms with van der Waals surface area (Å²) in [4.78, 5) is 11.2. The van der Waals surface area contributed by atoms with Crippen LogP contribution in [0.2, 0.25) is 0 Å². The summed E-state index contributed by atoms with van der Waals surface area (Å²) in [6, 6.07) is 0. The van der Waals surface area contributed by atoms with Gasteiger partial charge in [0, 0.05) is 0 Å². The van der Waals surface area contributed by atoms with Crippen molar-refractivity contribution in [3.8, 4) is 0 Å². The Balaban J connectivity index is 2.49. The van der Waals surface area contributed by atoms with Crippen LogP contribution in [0.4, 0.5) is 0 Å². The molecule has 0 aromatic rings. The molecule has 3 unspecified atom stereocenters. The first-order valence-electron chi connectivity index (χ1n) is 4.95. The third-order valence-electron chi connectivity index (χ3n) is 3.00. The van der Waals surface area contributed by atoms with Crippen LogP contribution in [0.25, 0.3) is 0 Å². The highest BCUT2D eigenvalue weighted by Gasteiger charge is 2.32. The zero-order valence-corrected chi connectivity index (χ0v) is 8.32. The Morgan fingerprint density at radius 3 is 2.77 bits per heavy atom. The van der Waals surface area contributed by atoms with Crippen molar-refractivity contribution in [1.82, 2.24) is 0 Å². The number of esters is 1. The summed E-state index contributed by atoms with van der Waals surface area (Å²) in [6.07, 6.45) is 3.01. The SMILES string of the molecule is CCC1CC(C(=O)OC)CCC1O. The van der Waals surface area contributed by atoms with Crippen LogP contribution >= 0.6 is 0 Å². The second-order valence-electron chi connectivity index (χ2n) is 3.77. The van der Waals surface area contributed by atoms with E-state index in [9.17, 15) is 9.90 Å². The minimum absolute atomic E-state index is 0.0124. The fraction of sp³-hybridized carbons (Fsp3) is 0.900. The predicted octanol–water partition coefficient (Wildman–Crippen LogP) is 1.35. The van der Waals surface area contributed by atoms with Crippen LogP contribution in [0.1, 0.15) is 32.6 Å². The quantitative estimate of drug-likeness (QED) is 0.662. The molecule has 0 aromatic heterocycles. The molecule has 0 aromatic carbocycles. The van der Waals surface area contributed by atoms with Crippen LogP contribution in [-0.2, 0) is 9.53 Å². The molecule has 3 heteroatoms. The maximum Gasteiger partial charge on any atom is 0.308 e. The fourth-order valence-electron chi connectivity index (χ4n) is 2.07. The molecule has 1 aliphatic carbocycles. The number of carbonyl (C=O) groups excluding carboxylic acids is 1. The molecule has 3 nitrogen and oxygen atoms in total. The normalized spacial score (nSPS) is 34.2. The Hall–Kier alpha value is -0.570. The number of methoxy groups -OCH3 is 1. The van der Waals surface area contributed by atoms with Crippen LogP contribution in [0.5, 0.6) is 0 Å². The molecule has 1 saturated carbocycles. The van der Waals surface area contributed by atoms with Crippen LogP contribution in [0, 0.1) is 11.8 Å². The Kier molecular flexibility index (Phi) is 3.72. The highest BCUT2D eigenvalue weighted by Crippen LogP contribution is 2.31. The lowest BCUT2D eigenvalue weighted by atomic mass is 9.78. The lowest BCUT2D eigenvalue weighted by Gasteiger charge is -2.31. The molecule has 76 valence electrons. The molecule has 0 spiro atoms. The summed E-state index contributed by atoms with van der Waals surface area (Å²) >= 11 is 0.